The third kappa shape index (κ3) is 2.41. The lowest BCUT2D eigenvalue weighted by Crippen LogP contribution is -2.05. The van der Waals surface area contributed by atoms with E-state index in [-0.39, 0.29) is 5.82 Å². The first-order valence-corrected chi connectivity index (χ1v) is 5.06. The fraction of sp³-hybridized carbons (Fsp3) is 0.300. The van der Waals surface area contributed by atoms with Gasteiger partial charge in [-0.1, -0.05) is 0 Å². The molecule has 2 aromatic rings. The Kier molecular flexibility index (Phi) is 2.93. The van der Waals surface area contributed by atoms with Gasteiger partial charge in [0.2, 0.25) is 0 Å². The Morgan fingerprint density at radius 3 is 2.56 bits per heavy atom. The van der Waals surface area contributed by atoms with Crippen molar-refractivity contribution in [2.45, 2.75) is 13.1 Å². The van der Waals surface area contributed by atoms with Crippen molar-refractivity contribution >= 4 is 5.82 Å². The summed E-state index contributed by atoms with van der Waals surface area (Å²) in [6, 6.07) is 1.51. The van der Waals surface area contributed by atoms with Crippen molar-refractivity contribution in [1.29, 1.82) is 0 Å². The Labute approximate surface area is 101 Å². The molecule has 0 saturated carbocycles. The van der Waals surface area contributed by atoms with Gasteiger partial charge in [0.1, 0.15) is 11.6 Å². The van der Waals surface area contributed by atoms with E-state index in [1.165, 1.54) is 6.07 Å². The monoisotopic (exact) mass is 257 g/mol. The Morgan fingerprint density at radius 2 is 2.00 bits per heavy atom. The molecule has 0 aliphatic carbocycles. The zero-order valence-electron chi connectivity index (χ0n) is 9.65. The van der Waals surface area contributed by atoms with Gasteiger partial charge in [0.15, 0.2) is 5.82 Å². The molecule has 0 spiro atoms. The van der Waals surface area contributed by atoms with E-state index in [1.807, 2.05) is 0 Å². The molecule has 1 N–H and O–H groups in total. The first-order chi connectivity index (χ1) is 8.40. The molecule has 0 amide bonds. The van der Waals surface area contributed by atoms with E-state index in [2.05, 4.69) is 20.4 Å². The Balaban J connectivity index is 2.43. The molecule has 2 rings (SSSR count). The van der Waals surface area contributed by atoms with Crippen LogP contribution in [0, 0.1) is 6.92 Å². The van der Waals surface area contributed by atoms with E-state index in [0.717, 1.165) is 17.1 Å². The van der Waals surface area contributed by atoms with Crippen molar-refractivity contribution in [3.05, 3.63) is 29.8 Å². The van der Waals surface area contributed by atoms with E-state index in [4.69, 9.17) is 0 Å². The van der Waals surface area contributed by atoms with Crippen LogP contribution in [0.2, 0.25) is 0 Å². The Bertz CT molecular complexity index is 561. The number of aromatic nitrogens is 4. The first kappa shape index (κ1) is 12.3. The van der Waals surface area contributed by atoms with Crippen LogP contribution in [0.25, 0.3) is 5.82 Å². The maximum atomic E-state index is 12.4. The Hall–Kier alpha value is -2.12. The topological polar surface area (TPSA) is 55.6 Å². The third-order valence-electron chi connectivity index (χ3n) is 2.23. The summed E-state index contributed by atoms with van der Waals surface area (Å²) in [5, 5.41) is 6.45. The summed E-state index contributed by atoms with van der Waals surface area (Å²) in [5.41, 5.74) is -0.815. The van der Waals surface area contributed by atoms with Crippen LogP contribution in [0.5, 0.6) is 0 Å². The second-order valence-electron chi connectivity index (χ2n) is 3.58. The SMILES string of the molecule is CNc1cc(-n2cc(C(F)(F)F)cn2)nc(C)n1. The number of rotatable bonds is 2. The van der Waals surface area contributed by atoms with Crippen molar-refractivity contribution in [3.8, 4) is 5.82 Å². The van der Waals surface area contributed by atoms with Gasteiger partial charge in [-0.05, 0) is 6.92 Å². The standard InChI is InChI=1S/C10H10F3N5/c1-6-16-8(14-2)3-9(17-6)18-5-7(4-15-18)10(11,12)13/h3-5H,1-2H3,(H,14,16,17). The third-order valence-corrected chi connectivity index (χ3v) is 2.23. The minimum atomic E-state index is -4.41. The molecule has 5 nitrogen and oxygen atoms in total. The molecule has 18 heavy (non-hydrogen) atoms. The molecule has 0 aliphatic heterocycles. The van der Waals surface area contributed by atoms with Gasteiger partial charge in [-0.25, -0.2) is 14.6 Å². The second kappa shape index (κ2) is 4.28. The van der Waals surface area contributed by atoms with Crippen LogP contribution in [0.4, 0.5) is 19.0 Å². The van der Waals surface area contributed by atoms with Crippen LogP contribution in [-0.4, -0.2) is 26.8 Å². The van der Waals surface area contributed by atoms with Crippen LogP contribution >= 0.6 is 0 Å². The van der Waals surface area contributed by atoms with Gasteiger partial charge in [0, 0.05) is 19.3 Å². The smallest absolute Gasteiger partial charge is 0.373 e. The van der Waals surface area contributed by atoms with E-state index in [1.54, 1.807) is 14.0 Å². The van der Waals surface area contributed by atoms with Gasteiger partial charge in [0.25, 0.3) is 0 Å². The molecule has 2 heterocycles. The summed E-state index contributed by atoms with van der Waals surface area (Å²) in [6.07, 6.45) is -2.76. The summed E-state index contributed by atoms with van der Waals surface area (Å²) >= 11 is 0. The number of halogens is 3. The van der Waals surface area contributed by atoms with E-state index < -0.39 is 11.7 Å². The molecule has 0 saturated heterocycles. The van der Waals surface area contributed by atoms with Gasteiger partial charge >= 0.3 is 6.18 Å². The number of alkyl halides is 3. The summed E-state index contributed by atoms with van der Waals surface area (Å²) in [4.78, 5) is 8.08. The maximum absolute atomic E-state index is 12.4. The largest absolute Gasteiger partial charge is 0.419 e. The maximum Gasteiger partial charge on any atom is 0.419 e. The molecule has 0 aromatic carbocycles. The summed E-state index contributed by atoms with van der Waals surface area (Å²) < 4.78 is 38.4. The van der Waals surface area contributed by atoms with Gasteiger partial charge in [-0.2, -0.15) is 18.3 Å². The predicted octanol–water partition coefficient (Wildman–Crippen LogP) is 2.03. The highest BCUT2D eigenvalue weighted by atomic mass is 19.4. The number of nitrogens with one attached hydrogen (secondary N) is 1. The van der Waals surface area contributed by atoms with Crippen molar-refractivity contribution in [3.63, 3.8) is 0 Å². The van der Waals surface area contributed by atoms with Crippen LogP contribution in [-0.2, 0) is 6.18 Å². The number of hydrogen-bond acceptors (Lipinski definition) is 4. The van der Waals surface area contributed by atoms with Gasteiger partial charge < -0.3 is 5.32 Å². The van der Waals surface area contributed by atoms with E-state index in [9.17, 15) is 13.2 Å². The zero-order valence-corrected chi connectivity index (χ0v) is 9.65. The van der Waals surface area contributed by atoms with Gasteiger partial charge in [0.05, 0.1) is 11.8 Å². The number of nitrogens with zero attached hydrogens (tertiary/aromatic N) is 4. The van der Waals surface area contributed by atoms with E-state index in [0.29, 0.717) is 11.6 Å². The highest BCUT2D eigenvalue weighted by Crippen LogP contribution is 2.29. The first-order valence-electron chi connectivity index (χ1n) is 5.06. The van der Waals surface area contributed by atoms with Crippen molar-refractivity contribution in [2.24, 2.45) is 0 Å². The van der Waals surface area contributed by atoms with Crippen LogP contribution in [0.15, 0.2) is 18.5 Å². The van der Waals surface area contributed by atoms with Crippen molar-refractivity contribution in [1.82, 2.24) is 19.7 Å². The molecule has 0 aliphatic rings. The van der Waals surface area contributed by atoms with Crippen LogP contribution in [0.1, 0.15) is 11.4 Å². The highest BCUT2D eigenvalue weighted by Gasteiger charge is 2.32. The van der Waals surface area contributed by atoms with Crippen LogP contribution < -0.4 is 5.32 Å². The van der Waals surface area contributed by atoms with E-state index >= 15 is 0 Å². The molecule has 0 radical (unpaired) electrons. The minimum Gasteiger partial charge on any atom is -0.373 e. The summed E-state index contributed by atoms with van der Waals surface area (Å²) in [6.45, 7) is 1.65. The summed E-state index contributed by atoms with van der Waals surface area (Å²) in [7, 11) is 1.66. The van der Waals surface area contributed by atoms with Crippen molar-refractivity contribution < 1.29 is 13.2 Å². The lowest BCUT2D eigenvalue weighted by atomic mass is 10.3. The molecule has 0 bridgehead atoms. The lowest BCUT2D eigenvalue weighted by molar-refractivity contribution is -0.137. The average Bonchev–Trinajstić information content (AvgIpc) is 2.77. The number of anilines is 1. The number of hydrogen-bond donors (Lipinski definition) is 1. The molecule has 0 unspecified atom stereocenters. The second-order valence-corrected chi connectivity index (χ2v) is 3.58. The normalized spacial score (nSPS) is 11.6. The minimum absolute atomic E-state index is 0.280. The molecule has 2 aromatic heterocycles. The van der Waals surface area contributed by atoms with Gasteiger partial charge in [-0.15, -0.1) is 0 Å². The summed E-state index contributed by atoms with van der Waals surface area (Å²) in [5.74, 6) is 1.24. The molecule has 96 valence electrons. The van der Waals surface area contributed by atoms with Crippen molar-refractivity contribution in [2.75, 3.05) is 12.4 Å². The molecule has 8 heteroatoms. The number of aryl methyl sites for hydroxylation is 1. The zero-order chi connectivity index (χ0) is 13.3. The quantitative estimate of drug-likeness (QED) is 0.894. The van der Waals surface area contributed by atoms with Gasteiger partial charge in [-0.3, -0.25) is 0 Å². The molecule has 0 fully saturated rings. The molecular formula is C10H10F3N5. The fourth-order valence-corrected chi connectivity index (χ4v) is 1.39. The highest BCUT2D eigenvalue weighted by molar-refractivity contribution is 5.40. The van der Waals surface area contributed by atoms with Crippen LogP contribution in [0.3, 0.4) is 0 Å². The molecule has 0 atom stereocenters. The fourth-order valence-electron chi connectivity index (χ4n) is 1.39. The lowest BCUT2D eigenvalue weighted by Gasteiger charge is -2.05. The Morgan fingerprint density at radius 1 is 1.28 bits per heavy atom. The average molecular weight is 257 g/mol. The molecular weight excluding hydrogens is 247 g/mol. The predicted molar refractivity (Wildman–Crippen MR) is 58.4 cm³/mol.